The predicted molar refractivity (Wildman–Crippen MR) is 115 cm³/mol. The Hall–Kier alpha value is -3.75. The van der Waals surface area contributed by atoms with Crippen LogP contribution in [0.25, 0.3) is 5.82 Å². The lowest BCUT2D eigenvalue weighted by Crippen LogP contribution is -2.52. The van der Waals surface area contributed by atoms with Crippen LogP contribution in [0.5, 0.6) is 0 Å². The molecule has 0 atom stereocenters. The molecule has 0 bridgehead atoms. The van der Waals surface area contributed by atoms with Crippen molar-refractivity contribution in [1.29, 1.82) is 0 Å². The second-order valence-corrected chi connectivity index (χ2v) is 7.43. The smallest absolute Gasteiger partial charge is 0.340 e. The molecule has 3 aromatic rings. The number of ether oxygens (including phenoxy) is 1. The third-order valence-electron chi connectivity index (χ3n) is 5.12. The summed E-state index contributed by atoms with van der Waals surface area (Å²) < 4.78 is 6.84. The van der Waals surface area contributed by atoms with Gasteiger partial charge in [-0.1, -0.05) is 12.1 Å². The van der Waals surface area contributed by atoms with Gasteiger partial charge in [0.25, 0.3) is 0 Å². The third-order valence-corrected chi connectivity index (χ3v) is 5.12. The number of carbonyl (C=O) groups excluding carboxylic acids is 2. The molecule has 1 N–H and O–H groups in total. The van der Waals surface area contributed by atoms with Crippen LogP contribution in [0, 0.1) is 19.8 Å². The molecule has 9 nitrogen and oxygen atoms in total. The van der Waals surface area contributed by atoms with Crippen LogP contribution in [0.3, 0.4) is 0 Å². The first-order valence-electron chi connectivity index (χ1n) is 10.1. The van der Waals surface area contributed by atoms with Gasteiger partial charge in [-0.2, -0.15) is 5.10 Å². The van der Waals surface area contributed by atoms with Gasteiger partial charge in [-0.15, -0.1) is 0 Å². The zero-order valence-corrected chi connectivity index (χ0v) is 17.7. The molecule has 0 radical (unpaired) electrons. The van der Waals surface area contributed by atoms with Gasteiger partial charge in [-0.25, -0.2) is 19.4 Å². The van der Waals surface area contributed by atoms with E-state index in [1.54, 1.807) is 35.9 Å². The minimum atomic E-state index is -0.452. The van der Waals surface area contributed by atoms with Crippen LogP contribution < -0.4 is 10.2 Å². The van der Waals surface area contributed by atoms with Crippen molar-refractivity contribution in [3.8, 4) is 5.82 Å². The molecule has 2 aromatic heterocycles. The van der Waals surface area contributed by atoms with Gasteiger partial charge in [-0.3, -0.25) is 4.79 Å². The molecule has 9 heteroatoms. The van der Waals surface area contributed by atoms with E-state index < -0.39 is 5.97 Å². The zero-order valence-electron chi connectivity index (χ0n) is 17.7. The molecule has 4 rings (SSSR count). The van der Waals surface area contributed by atoms with E-state index in [4.69, 9.17) is 4.74 Å². The van der Waals surface area contributed by atoms with Crippen molar-refractivity contribution in [2.24, 2.45) is 5.92 Å². The molecule has 3 heterocycles. The van der Waals surface area contributed by atoms with Crippen LogP contribution in [0.2, 0.25) is 0 Å². The summed E-state index contributed by atoms with van der Waals surface area (Å²) in [6.45, 7) is 6.98. The number of anilines is 2. The van der Waals surface area contributed by atoms with Gasteiger partial charge in [0.1, 0.15) is 12.1 Å². The second-order valence-electron chi connectivity index (χ2n) is 7.43. The second kappa shape index (κ2) is 8.55. The van der Waals surface area contributed by atoms with Crippen LogP contribution in [-0.4, -0.2) is 51.3 Å². The third kappa shape index (κ3) is 4.25. The number of benzene rings is 1. The lowest BCUT2D eigenvalue weighted by Gasteiger charge is -2.39. The molecule has 0 spiro atoms. The largest absolute Gasteiger partial charge is 0.462 e. The van der Waals surface area contributed by atoms with Gasteiger partial charge in [0.15, 0.2) is 5.82 Å². The summed E-state index contributed by atoms with van der Waals surface area (Å²) in [5, 5.41) is 7.31. The van der Waals surface area contributed by atoms with Crippen molar-refractivity contribution in [2.45, 2.75) is 20.8 Å². The highest BCUT2D eigenvalue weighted by Gasteiger charge is 2.34. The summed E-state index contributed by atoms with van der Waals surface area (Å²) in [7, 11) is 0. The maximum atomic E-state index is 12.7. The van der Waals surface area contributed by atoms with E-state index in [-0.39, 0.29) is 18.4 Å². The van der Waals surface area contributed by atoms with Crippen molar-refractivity contribution in [3.63, 3.8) is 0 Å². The topological polar surface area (TPSA) is 102 Å². The molecule has 1 fully saturated rings. The van der Waals surface area contributed by atoms with Crippen molar-refractivity contribution in [3.05, 3.63) is 59.7 Å². The van der Waals surface area contributed by atoms with Gasteiger partial charge in [0.05, 0.1) is 29.5 Å². The Morgan fingerprint density at radius 3 is 2.58 bits per heavy atom. The molecule has 160 valence electrons. The number of hydrogen-bond acceptors (Lipinski definition) is 7. The summed E-state index contributed by atoms with van der Waals surface area (Å²) in [5.41, 5.74) is 2.71. The number of amides is 1. The number of nitrogens with zero attached hydrogens (tertiary/aromatic N) is 5. The molecule has 1 saturated heterocycles. The van der Waals surface area contributed by atoms with Crippen LogP contribution in [-0.2, 0) is 9.53 Å². The highest BCUT2D eigenvalue weighted by Crippen LogP contribution is 2.26. The SMILES string of the molecule is CCOC(=O)c1ccccc1NC(=O)C1CN(c2cc(-n3nc(C)cc3C)ncn2)C1. The molecule has 1 amide bonds. The van der Waals surface area contributed by atoms with E-state index >= 15 is 0 Å². The van der Waals surface area contributed by atoms with Crippen molar-refractivity contribution >= 4 is 23.4 Å². The summed E-state index contributed by atoms with van der Waals surface area (Å²) in [4.78, 5) is 35.5. The molecule has 1 aliphatic rings. The molecule has 31 heavy (non-hydrogen) atoms. The van der Waals surface area contributed by atoms with Crippen LogP contribution in [0.15, 0.2) is 42.7 Å². The first kappa shape index (κ1) is 20.5. The highest BCUT2D eigenvalue weighted by atomic mass is 16.5. The normalized spacial score (nSPS) is 13.6. The Kier molecular flexibility index (Phi) is 5.66. The molecule has 0 aliphatic carbocycles. The molecule has 0 unspecified atom stereocenters. The minimum Gasteiger partial charge on any atom is -0.462 e. The highest BCUT2D eigenvalue weighted by molar-refractivity contribution is 6.02. The van der Waals surface area contributed by atoms with E-state index in [1.807, 2.05) is 30.9 Å². The molecular weight excluding hydrogens is 396 g/mol. The standard InChI is InChI=1S/C22H24N6O3/c1-4-31-22(30)17-7-5-6-8-18(17)25-21(29)16-11-27(12-16)19-10-20(24-13-23-19)28-15(3)9-14(2)26-28/h5-10,13,16H,4,11-12H2,1-3H3,(H,25,29). The van der Waals surface area contributed by atoms with Gasteiger partial charge in [0, 0.05) is 24.8 Å². The van der Waals surface area contributed by atoms with Crippen molar-refractivity contribution in [2.75, 3.05) is 29.9 Å². The van der Waals surface area contributed by atoms with Gasteiger partial charge >= 0.3 is 5.97 Å². The average Bonchev–Trinajstić information content (AvgIpc) is 3.06. The quantitative estimate of drug-likeness (QED) is 0.611. The predicted octanol–water partition coefficient (Wildman–Crippen LogP) is 2.53. The van der Waals surface area contributed by atoms with E-state index in [9.17, 15) is 9.59 Å². The average molecular weight is 420 g/mol. The van der Waals surface area contributed by atoms with Crippen LogP contribution in [0.4, 0.5) is 11.5 Å². The number of aryl methyl sites for hydroxylation is 2. The van der Waals surface area contributed by atoms with E-state index in [0.717, 1.165) is 17.2 Å². The Bertz CT molecular complexity index is 1120. The summed E-state index contributed by atoms with van der Waals surface area (Å²) in [6.07, 6.45) is 1.50. The van der Waals surface area contributed by atoms with Crippen LogP contribution >= 0.6 is 0 Å². The maximum absolute atomic E-state index is 12.7. The summed E-state index contributed by atoms with van der Waals surface area (Å²) in [6, 6.07) is 10.7. The van der Waals surface area contributed by atoms with E-state index in [0.29, 0.717) is 30.2 Å². The number of hydrogen-bond donors (Lipinski definition) is 1. The van der Waals surface area contributed by atoms with E-state index in [2.05, 4.69) is 20.4 Å². The monoisotopic (exact) mass is 420 g/mol. The summed E-state index contributed by atoms with van der Waals surface area (Å²) in [5.74, 6) is 0.634. The number of carbonyl (C=O) groups is 2. The van der Waals surface area contributed by atoms with Crippen LogP contribution in [0.1, 0.15) is 28.7 Å². The Labute approximate surface area is 180 Å². The van der Waals surface area contributed by atoms with Crippen molar-refractivity contribution in [1.82, 2.24) is 19.7 Å². The summed E-state index contributed by atoms with van der Waals surface area (Å²) >= 11 is 0. The van der Waals surface area contributed by atoms with Crippen molar-refractivity contribution < 1.29 is 14.3 Å². The number of nitrogens with one attached hydrogen (secondary N) is 1. The Morgan fingerprint density at radius 2 is 1.87 bits per heavy atom. The molecule has 0 saturated carbocycles. The fourth-order valence-electron chi connectivity index (χ4n) is 3.53. The number of para-hydroxylation sites is 1. The van der Waals surface area contributed by atoms with Gasteiger partial charge in [-0.05, 0) is 39.0 Å². The fraction of sp³-hybridized carbons (Fsp3) is 0.318. The fourth-order valence-corrected chi connectivity index (χ4v) is 3.53. The Morgan fingerprint density at radius 1 is 1.13 bits per heavy atom. The lowest BCUT2D eigenvalue weighted by molar-refractivity contribution is -0.120. The number of aromatic nitrogens is 4. The number of rotatable bonds is 6. The lowest BCUT2D eigenvalue weighted by atomic mass is 9.98. The maximum Gasteiger partial charge on any atom is 0.340 e. The minimum absolute atomic E-state index is 0.138. The first-order chi connectivity index (χ1) is 15.0. The van der Waals surface area contributed by atoms with Gasteiger partial charge in [0.2, 0.25) is 5.91 Å². The number of esters is 1. The first-order valence-corrected chi connectivity index (χ1v) is 10.1. The zero-order chi connectivity index (χ0) is 22.0. The van der Waals surface area contributed by atoms with E-state index in [1.165, 1.54) is 6.33 Å². The van der Waals surface area contributed by atoms with Gasteiger partial charge < -0.3 is 15.0 Å². The Balaban J connectivity index is 1.41. The molecule has 1 aliphatic heterocycles. The molecule has 1 aromatic carbocycles. The molecular formula is C22H24N6O3.